The van der Waals surface area contributed by atoms with E-state index in [1.807, 2.05) is 6.92 Å². The molecule has 5 nitrogen and oxygen atoms in total. The summed E-state index contributed by atoms with van der Waals surface area (Å²) >= 11 is 0. The van der Waals surface area contributed by atoms with Gasteiger partial charge in [-0.25, -0.2) is 0 Å². The van der Waals surface area contributed by atoms with Crippen LogP contribution in [0.4, 0.5) is 0 Å². The number of ketones is 3. The summed E-state index contributed by atoms with van der Waals surface area (Å²) in [6.07, 6.45) is 0.730. The van der Waals surface area contributed by atoms with Gasteiger partial charge in [-0.2, -0.15) is 0 Å². The molecule has 4 atom stereocenters. The van der Waals surface area contributed by atoms with Crippen molar-refractivity contribution in [2.75, 3.05) is 0 Å². The molecule has 2 unspecified atom stereocenters. The number of hydrogen-bond acceptors (Lipinski definition) is 5. The zero-order chi connectivity index (χ0) is 16.8. The smallest absolute Gasteiger partial charge is 0.204 e. The van der Waals surface area contributed by atoms with Gasteiger partial charge in [0.2, 0.25) is 5.78 Å². The Morgan fingerprint density at radius 1 is 1.17 bits per heavy atom. The maximum atomic E-state index is 13.1. The van der Waals surface area contributed by atoms with Crippen LogP contribution in [0.15, 0.2) is 24.0 Å². The average molecular weight is 324 g/mol. The molecule has 122 valence electrons. The van der Waals surface area contributed by atoms with Crippen molar-refractivity contribution in [1.29, 1.82) is 0 Å². The molecule has 1 saturated carbocycles. The SMILES string of the molecule is C[C@]12c3ccc4c(c3C(=O)C3OC=C(C(=O)C[C@H]1O)C32)CCC4=O. The molecule has 5 rings (SSSR count). The van der Waals surface area contributed by atoms with Gasteiger partial charge >= 0.3 is 0 Å². The molecule has 0 saturated heterocycles. The third-order valence-electron chi connectivity index (χ3n) is 6.32. The molecule has 0 amide bonds. The first-order valence-corrected chi connectivity index (χ1v) is 8.25. The predicted octanol–water partition coefficient (Wildman–Crippen LogP) is 1.50. The highest BCUT2D eigenvalue weighted by Crippen LogP contribution is 2.55. The van der Waals surface area contributed by atoms with Gasteiger partial charge < -0.3 is 9.84 Å². The molecule has 0 bridgehead atoms. The van der Waals surface area contributed by atoms with E-state index in [1.54, 1.807) is 12.1 Å². The monoisotopic (exact) mass is 324 g/mol. The lowest BCUT2D eigenvalue weighted by atomic mass is 9.54. The Balaban J connectivity index is 1.82. The molecule has 0 spiro atoms. The van der Waals surface area contributed by atoms with Crippen molar-refractivity contribution in [1.82, 2.24) is 0 Å². The minimum absolute atomic E-state index is 0.0263. The van der Waals surface area contributed by atoms with E-state index in [0.29, 0.717) is 29.5 Å². The van der Waals surface area contributed by atoms with Crippen molar-refractivity contribution in [3.8, 4) is 0 Å². The summed E-state index contributed by atoms with van der Waals surface area (Å²) < 4.78 is 5.58. The number of aliphatic hydroxyl groups is 1. The summed E-state index contributed by atoms with van der Waals surface area (Å²) in [6, 6.07) is 3.56. The summed E-state index contributed by atoms with van der Waals surface area (Å²) in [5, 5.41) is 10.7. The van der Waals surface area contributed by atoms with Crippen molar-refractivity contribution in [3.05, 3.63) is 46.2 Å². The molecule has 1 N–H and O–H groups in total. The number of Topliss-reactive ketones (excluding diaryl/α,β-unsaturated/α-hetero) is 3. The van der Waals surface area contributed by atoms with E-state index in [2.05, 4.69) is 0 Å². The number of ether oxygens (including phenoxy) is 1. The number of benzene rings is 1. The molecule has 1 aromatic carbocycles. The summed E-state index contributed by atoms with van der Waals surface area (Å²) in [6.45, 7) is 1.90. The van der Waals surface area contributed by atoms with Crippen LogP contribution in [0.1, 0.15) is 51.6 Å². The number of carbonyl (C=O) groups is 3. The molecule has 1 aromatic rings. The van der Waals surface area contributed by atoms with Crippen LogP contribution in [-0.4, -0.2) is 34.7 Å². The van der Waals surface area contributed by atoms with Crippen LogP contribution in [0, 0.1) is 5.92 Å². The highest BCUT2D eigenvalue weighted by atomic mass is 16.5. The third kappa shape index (κ3) is 1.38. The standard InChI is InChI=1S/C19H16O5/c1-19-11-4-2-8-9(3-5-12(8)20)15(11)17(23)18-16(19)10(7-24-18)13(21)6-14(19)22/h2,4,7,14,16,18,22H,3,5-6H2,1H3/t14-,16?,18?,19+/m1/s1. The van der Waals surface area contributed by atoms with Gasteiger partial charge in [0.15, 0.2) is 17.7 Å². The largest absolute Gasteiger partial charge is 0.489 e. The van der Waals surface area contributed by atoms with Crippen LogP contribution in [0.5, 0.6) is 0 Å². The molecular weight excluding hydrogens is 308 g/mol. The Labute approximate surface area is 138 Å². The fraction of sp³-hybridized carbons (Fsp3) is 0.421. The van der Waals surface area contributed by atoms with E-state index in [9.17, 15) is 19.5 Å². The van der Waals surface area contributed by atoms with Crippen molar-refractivity contribution >= 4 is 17.3 Å². The van der Waals surface area contributed by atoms with Crippen molar-refractivity contribution in [2.24, 2.45) is 5.92 Å². The lowest BCUT2D eigenvalue weighted by molar-refractivity contribution is -0.123. The molecule has 0 aromatic heterocycles. The predicted molar refractivity (Wildman–Crippen MR) is 82.9 cm³/mol. The Kier molecular flexibility index (Phi) is 2.48. The lowest BCUT2D eigenvalue weighted by Crippen LogP contribution is -2.58. The molecule has 24 heavy (non-hydrogen) atoms. The first kappa shape index (κ1) is 14.1. The fourth-order valence-electron chi connectivity index (χ4n) is 5.03. The number of carbonyl (C=O) groups excluding carboxylic acids is 3. The van der Waals surface area contributed by atoms with E-state index >= 15 is 0 Å². The Bertz CT molecular complexity index is 880. The first-order valence-electron chi connectivity index (χ1n) is 8.25. The van der Waals surface area contributed by atoms with E-state index in [1.165, 1.54) is 6.26 Å². The maximum Gasteiger partial charge on any atom is 0.204 e. The Hall–Kier alpha value is -2.27. The molecule has 5 heteroatoms. The molecule has 0 radical (unpaired) electrons. The average Bonchev–Trinajstić information content (AvgIpc) is 3.16. The Morgan fingerprint density at radius 3 is 2.75 bits per heavy atom. The van der Waals surface area contributed by atoms with Crippen LogP contribution in [0.3, 0.4) is 0 Å². The van der Waals surface area contributed by atoms with Crippen molar-refractivity contribution in [3.63, 3.8) is 0 Å². The van der Waals surface area contributed by atoms with E-state index in [-0.39, 0.29) is 23.8 Å². The van der Waals surface area contributed by atoms with Gasteiger partial charge in [0.25, 0.3) is 0 Å². The van der Waals surface area contributed by atoms with Gasteiger partial charge in [-0.05, 0) is 17.5 Å². The summed E-state index contributed by atoms with van der Waals surface area (Å²) in [7, 11) is 0. The number of aliphatic hydroxyl groups excluding tert-OH is 1. The third-order valence-corrected chi connectivity index (χ3v) is 6.32. The molecular formula is C19H16O5. The number of rotatable bonds is 0. The van der Waals surface area contributed by atoms with Crippen LogP contribution in [-0.2, 0) is 21.4 Å². The van der Waals surface area contributed by atoms with Gasteiger partial charge in [-0.1, -0.05) is 19.1 Å². The van der Waals surface area contributed by atoms with Crippen LogP contribution >= 0.6 is 0 Å². The van der Waals surface area contributed by atoms with Crippen LogP contribution in [0.2, 0.25) is 0 Å². The highest BCUT2D eigenvalue weighted by Gasteiger charge is 2.62. The molecule has 1 fully saturated rings. The minimum atomic E-state index is -0.877. The van der Waals surface area contributed by atoms with E-state index in [0.717, 1.165) is 11.1 Å². The zero-order valence-electron chi connectivity index (χ0n) is 13.2. The highest BCUT2D eigenvalue weighted by molar-refractivity contribution is 6.11. The van der Waals surface area contributed by atoms with Crippen LogP contribution in [0.25, 0.3) is 0 Å². The van der Waals surface area contributed by atoms with E-state index in [4.69, 9.17) is 4.74 Å². The van der Waals surface area contributed by atoms with Crippen molar-refractivity contribution < 1.29 is 24.2 Å². The molecule has 4 aliphatic rings. The van der Waals surface area contributed by atoms with Crippen molar-refractivity contribution in [2.45, 2.75) is 43.8 Å². The topological polar surface area (TPSA) is 80.7 Å². The normalized spacial score (nSPS) is 36.0. The van der Waals surface area contributed by atoms with Gasteiger partial charge in [0, 0.05) is 40.9 Å². The second kappa shape index (κ2) is 4.22. The van der Waals surface area contributed by atoms with E-state index < -0.39 is 23.5 Å². The number of fused-ring (bicyclic) bond motifs is 4. The summed E-state index contributed by atoms with van der Waals surface area (Å²) in [4.78, 5) is 37.4. The van der Waals surface area contributed by atoms with Gasteiger partial charge in [0.05, 0.1) is 12.4 Å². The first-order chi connectivity index (χ1) is 11.4. The summed E-state index contributed by atoms with van der Waals surface area (Å²) in [5.74, 6) is -0.727. The zero-order valence-corrected chi connectivity index (χ0v) is 13.2. The fourth-order valence-corrected chi connectivity index (χ4v) is 5.03. The Morgan fingerprint density at radius 2 is 1.96 bits per heavy atom. The molecule has 1 aliphatic heterocycles. The van der Waals surface area contributed by atoms with Gasteiger partial charge in [-0.15, -0.1) is 0 Å². The van der Waals surface area contributed by atoms with Gasteiger partial charge in [0.1, 0.15) is 0 Å². The van der Waals surface area contributed by atoms with Gasteiger partial charge in [-0.3, -0.25) is 14.4 Å². The second-order valence-corrected chi connectivity index (χ2v) is 7.34. The number of hydrogen-bond donors (Lipinski definition) is 1. The summed E-state index contributed by atoms with van der Waals surface area (Å²) in [5.41, 5.74) is 2.41. The minimum Gasteiger partial charge on any atom is -0.489 e. The quantitative estimate of drug-likeness (QED) is 0.782. The lowest BCUT2D eigenvalue weighted by Gasteiger charge is -2.49. The van der Waals surface area contributed by atoms with Crippen LogP contribution < -0.4 is 0 Å². The molecule has 3 aliphatic carbocycles. The second-order valence-electron chi connectivity index (χ2n) is 7.34. The maximum absolute atomic E-state index is 13.1. The molecule has 1 heterocycles.